The van der Waals surface area contributed by atoms with Crippen LogP contribution in [-0.2, 0) is 25.6 Å². The largest absolute Gasteiger partial charge is 0.481 e. The summed E-state index contributed by atoms with van der Waals surface area (Å²) in [6.07, 6.45) is -0.241. The SMILES string of the molecule is NCC[C@H](NC(=O)[C@@H](N)CCC(=O)O)C(=O)N[C@H](Cc1ccccc1)C(=O)O. The van der Waals surface area contributed by atoms with Gasteiger partial charge in [-0.2, -0.15) is 0 Å². The van der Waals surface area contributed by atoms with E-state index in [0.717, 1.165) is 5.56 Å². The van der Waals surface area contributed by atoms with E-state index in [-0.39, 0.29) is 32.2 Å². The molecule has 10 heteroatoms. The lowest BCUT2D eigenvalue weighted by atomic mass is 10.0. The minimum Gasteiger partial charge on any atom is -0.481 e. The molecular weight excluding hydrogens is 368 g/mol. The van der Waals surface area contributed by atoms with Crippen molar-refractivity contribution in [2.24, 2.45) is 11.5 Å². The third-order valence-electron chi connectivity index (χ3n) is 3.99. The van der Waals surface area contributed by atoms with E-state index in [1.807, 2.05) is 0 Å². The number of nitrogens with two attached hydrogens (primary N) is 2. The zero-order valence-electron chi connectivity index (χ0n) is 15.3. The summed E-state index contributed by atoms with van der Waals surface area (Å²) in [6.45, 7) is 0.0686. The van der Waals surface area contributed by atoms with Crippen LogP contribution in [0, 0.1) is 0 Å². The van der Waals surface area contributed by atoms with Gasteiger partial charge in [0.05, 0.1) is 6.04 Å². The first kappa shape index (κ1) is 23.1. The van der Waals surface area contributed by atoms with Crippen LogP contribution in [0.3, 0.4) is 0 Å². The number of amides is 2. The molecule has 0 spiro atoms. The number of rotatable bonds is 12. The van der Waals surface area contributed by atoms with E-state index in [9.17, 15) is 24.3 Å². The molecule has 1 aromatic carbocycles. The van der Waals surface area contributed by atoms with Crippen molar-refractivity contribution in [2.45, 2.75) is 43.8 Å². The van der Waals surface area contributed by atoms with E-state index in [1.54, 1.807) is 30.3 Å². The van der Waals surface area contributed by atoms with Crippen molar-refractivity contribution >= 4 is 23.8 Å². The number of carbonyl (C=O) groups is 4. The molecule has 154 valence electrons. The van der Waals surface area contributed by atoms with Crippen LogP contribution in [0.5, 0.6) is 0 Å². The molecule has 2 amide bonds. The van der Waals surface area contributed by atoms with Gasteiger partial charge in [0.1, 0.15) is 12.1 Å². The van der Waals surface area contributed by atoms with Crippen molar-refractivity contribution < 1.29 is 29.4 Å². The van der Waals surface area contributed by atoms with Gasteiger partial charge in [0.15, 0.2) is 0 Å². The van der Waals surface area contributed by atoms with Crippen LogP contribution in [0.15, 0.2) is 30.3 Å². The van der Waals surface area contributed by atoms with Crippen LogP contribution in [-0.4, -0.2) is 58.6 Å². The van der Waals surface area contributed by atoms with Crippen LogP contribution in [0.1, 0.15) is 24.8 Å². The van der Waals surface area contributed by atoms with Crippen LogP contribution in [0.2, 0.25) is 0 Å². The van der Waals surface area contributed by atoms with E-state index < -0.39 is 41.9 Å². The lowest BCUT2D eigenvalue weighted by Gasteiger charge is -2.22. The molecule has 0 bridgehead atoms. The fourth-order valence-electron chi connectivity index (χ4n) is 2.45. The fraction of sp³-hybridized carbons (Fsp3) is 0.444. The summed E-state index contributed by atoms with van der Waals surface area (Å²) in [4.78, 5) is 46.6. The van der Waals surface area contributed by atoms with Crippen molar-refractivity contribution in [3.8, 4) is 0 Å². The lowest BCUT2D eigenvalue weighted by molar-refractivity contribution is -0.142. The molecule has 3 atom stereocenters. The number of hydrogen-bond acceptors (Lipinski definition) is 6. The van der Waals surface area contributed by atoms with Gasteiger partial charge in [-0.1, -0.05) is 30.3 Å². The number of aliphatic carboxylic acids is 2. The molecule has 1 rings (SSSR count). The normalized spacial score (nSPS) is 13.8. The molecule has 0 fully saturated rings. The summed E-state index contributed by atoms with van der Waals surface area (Å²) >= 11 is 0. The number of benzene rings is 1. The van der Waals surface area contributed by atoms with Crippen molar-refractivity contribution in [1.82, 2.24) is 10.6 Å². The molecule has 0 unspecified atom stereocenters. The predicted molar refractivity (Wildman–Crippen MR) is 100 cm³/mol. The highest BCUT2D eigenvalue weighted by Gasteiger charge is 2.27. The van der Waals surface area contributed by atoms with Crippen LogP contribution >= 0.6 is 0 Å². The maximum Gasteiger partial charge on any atom is 0.326 e. The number of carbonyl (C=O) groups excluding carboxylic acids is 2. The van der Waals surface area contributed by atoms with E-state index in [0.29, 0.717) is 0 Å². The highest BCUT2D eigenvalue weighted by atomic mass is 16.4. The Hall–Kier alpha value is -2.98. The quantitative estimate of drug-likeness (QED) is 0.256. The van der Waals surface area contributed by atoms with Crippen LogP contribution < -0.4 is 22.1 Å². The summed E-state index contributed by atoms with van der Waals surface area (Å²) in [5.74, 6) is -3.71. The highest BCUT2D eigenvalue weighted by molar-refractivity contribution is 5.92. The molecule has 0 saturated carbocycles. The average molecular weight is 394 g/mol. The van der Waals surface area contributed by atoms with Gasteiger partial charge in [0.25, 0.3) is 0 Å². The predicted octanol–water partition coefficient (Wildman–Crippen LogP) is -1.18. The Balaban J connectivity index is 2.74. The molecule has 0 aliphatic carbocycles. The third kappa shape index (κ3) is 8.14. The van der Waals surface area contributed by atoms with Gasteiger partial charge in [0.2, 0.25) is 11.8 Å². The summed E-state index contributed by atoms with van der Waals surface area (Å²) < 4.78 is 0. The van der Waals surface area contributed by atoms with Crippen molar-refractivity contribution in [2.75, 3.05) is 6.54 Å². The summed E-state index contributed by atoms with van der Waals surface area (Å²) in [7, 11) is 0. The Kier molecular flexibility index (Phi) is 9.61. The Morgan fingerprint density at radius 3 is 2.07 bits per heavy atom. The first-order valence-electron chi connectivity index (χ1n) is 8.79. The Morgan fingerprint density at radius 1 is 0.929 bits per heavy atom. The molecule has 0 radical (unpaired) electrons. The zero-order valence-corrected chi connectivity index (χ0v) is 15.3. The van der Waals surface area contributed by atoms with E-state index >= 15 is 0 Å². The Labute approximate surface area is 162 Å². The van der Waals surface area contributed by atoms with Crippen LogP contribution in [0.4, 0.5) is 0 Å². The van der Waals surface area contributed by atoms with E-state index in [1.165, 1.54) is 0 Å². The molecule has 28 heavy (non-hydrogen) atoms. The molecule has 0 saturated heterocycles. The number of carboxylic acid groups (broad SMARTS) is 2. The first-order chi connectivity index (χ1) is 13.2. The van der Waals surface area contributed by atoms with Crippen molar-refractivity contribution in [1.29, 1.82) is 0 Å². The maximum absolute atomic E-state index is 12.5. The van der Waals surface area contributed by atoms with E-state index in [2.05, 4.69) is 10.6 Å². The smallest absolute Gasteiger partial charge is 0.326 e. The minimum absolute atomic E-state index is 0.0686. The van der Waals surface area contributed by atoms with Crippen LogP contribution in [0.25, 0.3) is 0 Å². The van der Waals surface area contributed by atoms with Gasteiger partial charge in [-0.15, -0.1) is 0 Å². The van der Waals surface area contributed by atoms with Gasteiger partial charge in [-0.3, -0.25) is 14.4 Å². The van der Waals surface area contributed by atoms with Crippen molar-refractivity contribution in [3.63, 3.8) is 0 Å². The molecule has 0 aliphatic rings. The molecule has 0 aliphatic heterocycles. The summed E-state index contributed by atoms with van der Waals surface area (Å²) in [6, 6.07) is 5.41. The maximum atomic E-state index is 12.5. The topological polar surface area (TPSA) is 185 Å². The molecular formula is C18H26N4O6. The van der Waals surface area contributed by atoms with Gasteiger partial charge in [0, 0.05) is 12.8 Å². The van der Waals surface area contributed by atoms with Gasteiger partial charge < -0.3 is 32.3 Å². The molecule has 0 heterocycles. The fourth-order valence-corrected chi connectivity index (χ4v) is 2.45. The second-order valence-corrected chi connectivity index (χ2v) is 6.27. The summed E-state index contributed by atoms with van der Waals surface area (Å²) in [5, 5.41) is 22.8. The third-order valence-corrected chi connectivity index (χ3v) is 3.99. The second kappa shape index (κ2) is 11.7. The number of hydrogen-bond donors (Lipinski definition) is 6. The van der Waals surface area contributed by atoms with Gasteiger partial charge in [-0.25, -0.2) is 4.79 Å². The van der Waals surface area contributed by atoms with E-state index in [4.69, 9.17) is 16.6 Å². The monoisotopic (exact) mass is 394 g/mol. The second-order valence-electron chi connectivity index (χ2n) is 6.27. The molecule has 0 aromatic heterocycles. The highest BCUT2D eigenvalue weighted by Crippen LogP contribution is 2.05. The Bertz CT molecular complexity index is 682. The lowest BCUT2D eigenvalue weighted by Crippen LogP contribution is -2.55. The molecule has 8 N–H and O–H groups in total. The first-order valence-corrected chi connectivity index (χ1v) is 8.79. The zero-order chi connectivity index (χ0) is 21.1. The summed E-state index contributed by atoms with van der Waals surface area (Å²) in [5.41, 5.74) is 11.8. The van der Waals surface area contributed by atoms with Gasteiger partial charge in [-0.05, 0) is 24.9 Å². The average Bonchev–Trinajstić information content (AvgIpc) is 2.65. The molecule has 10 nitrogen and oxygen atoms in total. The Morgan fingerprint density at radius 2 is 1.54 bits per heavy atom. The van der Waals surface area contributed by atoms with Crippen molar-refractivity contribution in [3.05, 3.63) is 35.9 Å². The number of carboxylic acids is 2. The minimum atomic E-state index is -1.21. The van der Waals surface area contributed by atoms with Gasteiger partial charge >= 0.3 is 11.9 Å². The number of nitrogens with one attached hydrogen (secondary N) is 2. The molecule has 1 aromatic rings. The standard InChI is InChI=1S/C18H26N4O6/c19-9-8-13(21-16(25)12(20)6-7-15(23)24)17(26)22-14(18(27)28)10-11-4-2-1-3-5-11/h1-5,12-14H,6-10,19-20H2,(H,21,25)(H,22,26)(H,23,24)(H,27,28)/t12-,13-,14+/m0/s1.